The van der Waals surface area contributed by atoms with E-state index in [4.69, 9.17) is 9.47 Å². The van der Waals surface area contributed by atoms with E-state index in [0.717, 1.165) is 33.4 Å². The second-order valence-electron chi connectivity index (χ2n) is 13.5. The van der Waals surface area contributed by atoms with E-state index in [2.05, 4.69) is 156 Å². The molecule has 9 rings (SSSR count). The fourth-order valence-electron chi connectivity index (χ4n) is 8.28. The summed E-state index contributed by atoms with van der Waals surface area (Å²) < 4.78 is 12.5. The molecule has 6 heteroatoms. The topological polar surface area (TPSA) is 58.9 Å². The summed E-state index contributed by atoms with van der Waals surface area (Å²) in [7, 11) is 0. The van der Waals surface area contributed by atoms with Gasteiger partial charge in [-0.05, 0) is 103 Å². The maximum absolute atomic E-state index is 9.82. The number of ether oxygens (including phenoxy) is 2. The van der Waals surface area contributed by atoms with Gasteiger partial charge in [0.2, 0.25) is 0 Å². The van der Waals surface area contributed by atoms with Crippen molar-refractivity contribution in [2.75, 3.05) is 26.4 Å². The zero-order valence-electron chi connectivity index (χ0n) is 30.0. The van der Waals surface area contributed by atoms with Crippen LogP contribution < -0.4 is 9.47 Å². The molecular weight excluding hydrogens is 717 g/mol. The number of benzene rings is 6. The van der Waals surface area contributed by atoms with Crippen LogP contribution in [0.5, 0.6) is 11.5 Å². The minimum atomic E-state index is -0.816. The Bertz CT molecular complexity index is 2380. The molecule has 0 bridgehead atoms. The first-order valence-corrected chi connectivity index (χ1v) is 20.2. The Morgan fingerprint density at radius 2 is 0.855 bits per heavy atom. The van der Waals surface area contributed by atoms with Crippen LogP contribution in [-0.2, 0) is 5.41 Å². The minimum Gasteiger partial charge on any atom is -0.491 e. The molecule has 4 nitrogen and oxygen atoms in total. The summed E-state index contributed by atoms with van der Waals surface area (Å²) in [5.41, 5.74) is 12.6. The maximum atomic E-state index is 9.82. The van der Waals surface area contributed by atoms with Crippen LogP contribution in [0.25, 0.3) is 54.3 Å². The van der Waals surface area contributed by atoms with Crippen LogP contribution in [-0.4, -0.2) is 36.6 Å². The predicted octanol–water partition coefficient (Wildman–Crippen LogP) is 11.6. The molecule has 0 spiro atoms. The molecule has 8 aromatic rings. The standard InChI is InChI=1S/C49H38O4S2/c50-25-27-52-43-23-21-35(31-41(43)33-11-3-1-4-12-33)49(36-22-24-44(53-28-26-51)42(32-36)34-13-5-2-6-14-34)47-37(15-7-17-39(47)45-19-9-29-54-45)38-16-8-18-40(48(38)49)46-20-10-30-55-46/h1-24,29-32,50-51H,25-28H2. The lowest BCUT2D eigenvalue weighted by atomic mass is 9.64. The number of hydrogen-bond donors (Lipinski definition) is 2. The predicted molar refractivity (Wildman–Crippen MR) is 226 cm³/mol. The van der Waals surface area contributed by atoms with Crippen LogP contribution in [0.4, 0.5) is 0 Å². The zero-order valence-corrected chi connectivity index (χ0v) is 31.7. The van der Waals surface area contributed by atoms with Crippen molar-refractivity contribution in [3.05, 3.63) is 191 Å². The largest absolute Gasteiger partial charge is 0.491 e. The van der Waals surface area contributed by atoms with Crippen molar-refractivity contribution >= 4 is 22.7 Å². The number of aliphatic hydroxyl groups is 2. The number of rotatable bonds is 12. The van der Waals surface area contributed by atoms with Crippen molar-refractivity contribution in [3.8, 4) is 65.8 Å². The Balaban J connectivity index is 1.46. The van der Waals surface area contributed by atoms with Gasteiger partial charge in [-0.15, -0.1) is 22.7 Å². The number of fused-ring (bicyclic) bond motifs is 3. The molecule has 0 atom stereocenters. The highest BCUT2D eigenvalue weighted by Crippen LogP contribution is 2.62. The molecule has 0 aliphatic heterocycles. The van der Waals surface area contributed by atoms with Crippen LogP contribution in [0.1, 0.15) is 22.3 Å². The number of hydrogen-bond acceptors (Lipinski definition) is 6. The molecule has 0 unspecified atom stereocenters. The first-order chi connectivity index (χ1) is 27.2. The van der Waals surface area contributed by atoms with Crippen LogP contribution in [0.15, 0.2) is 168 Å². The highest BCUT2D eigenvalue weighted by molar-refractivity contribution is 7.13. The summed E-state index contributed by atoms with van der Waals surface area (Å²) >= 11 is 3.50. The second-order valence-corrected chi connectivity index (χ2v) is 15.4. The van der Waals surface area contributed by atoms with Crippen LogP contribution in [0, 0.1) is 0 Å². The van der Waals surface area contributed by atoms with Gasteiger partial charge in [-0.25, -0.2) is 0 Å². The lowest BCUT2D eigenvalue weighted by Crippen LogP contribution is -2.30. The molecule has 0 saturated carbocycles. The summed E-state index contributed by atoms with van der Waals surface area (Å²) in [6.45, 7) is 0.220. The fraction of sp³-hybridized carbons (Fsp3) is 0.102. The van der Waals surface area contributed by atoms with E-state index in [1.807, 2.05) is 12.1 Å². The molecule has 1 aliphatic rings. The van der Waals surface area contributed by atoms with Gasteiger partial charge in [-0.3, -0.25) is 0 Å². The van der Waals surface area contributed by atoms with Crippen molar-refractivity contribution in [1.29, 1.82) is 0 Å². The molecule has 6 aromatic carbocycles. The Morgan fingerprint density at radius 1 is 0.418 bits per heavy atom. The normalized spacial score (nSPS) is 12.6. The third kappa shape index (κ3) is 6.08. The molecule has 0 saturated heterocycles. The van der Waals surface area contributed by atoms with E-state index >= 15 is 0 Å². The fourth-order valence-corrected chi connectivity index (χ4v) is 9.80. The lowest BCUT2D eigenvalue weighted by Gasteiger charge is -2.37. The van der Waals surface area contributed by atoms with Crippen molar-refractivity contribution in [3.63, 3.8) is 0 Å². The first-order valence-electron chi connectivity index (χ1n) is 18.4. The number of thiophene rings is 2. The van der Waals surface area contributed by atoms with E-state index in [9.17, 15) is 10.2 Å². The van der Waals surface area contributed by atoms with Gasteiger partial charge < -0.3 is 19.7 Å². The zero-order chi connectivity index (χ0) is 37.2. The first kappa shape index (κ1) is 35.0. The summed E-state index contributed by atoms with van der Waals surface area (Å²) in [6, 6.07) is 56.1. The molecule has 2 heterocycles. The Labute approximate surface area is 329 Å². The van der Waals surface area contributed by atoms with Crippen LogP contribution in [0.3, 0.4) is 0 Å². The molecular formula is C49H38O4S2. The minimum absolute atomic E-state index is 0.0814. The Kier molecular flexibility index (Phi) is 9.65. The van der Waals surface area contributed by atoms with Crippen molar-refractivity contribution in [2.24, 2.45) is 0 Å². The highest BCUT2D eigenvalue weighted by atomic mass is 32.1. The molecule has 55 heavy (non-hydrogen) atoms. The van der Waals surface area contributed by atoms with Gasteiger partial charge in [-0.1, -0.05) is 121 Å². The van der Waals surface area contributed by atoms with Gasteiger partial charge in [0, 0.05) is 20.9 Å². The molecule has 0 radical (unpaired) electrons. The smallest absolute Gasteiger partial charge is 0.127 e. The maximum Gasteiger partial charge on any atom is 0.127 e. The van der Waals surface area contributed by atoms with E-state index in [-0.39, 0.29) is 26.4 Å². The monoisotopic (exact) mass is 754 g/mol. The van der Waals surface area contributed by atoms with Crippen LogP contribution >= 0.6 is 22.7 Å². The summed E-state index contributed by atoms with van der Waals surface area (Å²) in [5, 5.41) is 23.9. The Hall–Kier alpha value is -5.76. The molecule has 0 fully saturated rings. The SMILES string of the molecule is OCCOc1ccc(C2(c3ccc(OCCO)c(-c4ccccc4)c3)c3c(-c4cccs4)cccc3-c3cccc(-c4cccs4)c32)cc1-c1ccccc1. The summed E-state index contributed by atoms with van der Waals surface area (Å²) in [5.74, 6) is 1.43. The van der Waals surface area contributed by atoms with E-state index < -0.39 is 5.41 Å². The molecule has 1 aliphatic carbocycles. The Morgan fingerprint density at radius 3 is 1.25 bits per heavy atom. The molecule has 2 aromatic heterocycles. The van der Waals surface area contributed by atoms with Crippen molar-refractivity contribution in [1.82, 2.24) is 0 Å². The van der Waals surface area contributed by atoms with Gasteiger partial charge in [0.05, 0.1) is 18.6 Å². The average molecular weight is 755 g/mol. The van der Waals surface area contributed by atoms with E-state index in [1.54, 1.807) is 22.7 Å². The molecule has 270 valence electrons. The highest BCUT2D eigenvalue weighted by Gasteiger charge is 2.50. The average Bonchev–Trinajstić information content (AvgIpc) is 4.04. The molecule has 2 N–H and O–H groups in total. The van der Waals surface area contributed by atoms with Crippen molar-refractivity contribution < 1.29 is 19.7 Å². The molecule has 0 amide bonds. The summed E-state index contributed by atoms with van der Waals surface area (Å²) in [4.78, 5) is 2.40. The van der Waals surface area contributed by atoms with Gasteiger partial charge in [0.1, 0.15) is 24.7 Å². The quantitative estimate of drug-likeness (QED) is 0.130. The van der Waals surface area contributed by atoms with Gasteiger partial charge in [0.15, 0.2) is 0 Å². The number of aliphatic hydroxyl groups excluding tert-OH is 2. The third-order valence-corrected chi connectivity index (χ3v) is 12.2. The lowest BCUT2D eigenvalue weighted by molar-refractivity contribution is 0.202. The van der Waals surface area contributed by atoms with E-state index in [0.29, 0.717) is 11.5 Å². The second kappa shape index (κ2) is 15.2. The van der Waals surface area contributed by atoms with E-state index in [1.165, 1.54) is 43.1 Å². The van der Waals surface area contributed by atoms with Crippen LogP contribution in [0.2, 0.25) is 0 Å². The van der Waals surface area contributed by atoms with Crippen molar-refractivity contribution in [2.45, 2.75) is 5.41 Å². The third-order valence-electron chi connectivity index (χ3n) is 10.4. The summed E-state index contributed by atoms with van der Waals surface area (Å²) in [6.07, 6.45) is 0. The van der Waals surface area contributed by atoms with Gasteiger partial charge in [0.25, 0.3) is 0 Å². The van der Waals surface area contributed by atoms with Gasteiger partial charge >= 0.3 is 0 Å². The van der Waals surface area contributed by atoms with Gasteiger partial charge in [-0.2, -0.15) is 0 Å².